The highest BCUT2D eigenvalue weighted by molar-refractivity contribution is 5.94. The highest BCUT2D eigenvalue weighted by Crippen LogP contribution is 2.42. The lowest BCUT2D eigenvalue weighted by Gasteiger charge is -2.39. The number of carbonyl (C=O) groups excluding carboxylic acids is 2. The molecule has 1 unspecified atom stereocenters. The van der Waals surface area contributed by atoms with Gasteiger partial charge in [0.25, 0.3) is 0 Å². The Kier molecular flexibility index (Phi) is 10.7. The van der Waals surface area contributed by atoms with Gasteiger partial charge in [-0.3, -0.25) is 4.79 Å². The first kappa shape index (κ1) is 32.2. The van der Waals surface area contributed by atoms with E-state index in [0.29, 0.717) is 11.5 Å². The number of nitrogens with one attached hydrogen (secondary N) is 1. The minimum absolute atomic E-state index is 0.0289. The standard InChI is InChI=1S/C35H38N2O7/c1-25(37-33(39)43-22-26-10-6-4-7-11-26)32(38)34(40,23-36)24-44-35(27-12-8-5-9-13-27,28-14-18-30(41-2)19-15-28)29-16-20-31(42-3)21-17-29/h4-21,25,40H,22-24,36H2,1-3H3,(H,37,39)/t25-,34?/m0/s1. The van der Waals surface area contributed by atoms with Gasteiger partial charge in [0.2, 0.25) is 0 Å². The third-order valence-electron chi connectivity index (χ3n) is 7.44. The summed E-state index contributed by atoms with van der Waals surface area (Å²) in [6.07, 6.45) is -0.801. The average Bonchev–Trinajstić information content (AvgIpc) is 3.08. The number of hydrogen-bond acceptors (Lipinski definition) is 8. The zero-order chi connectivity index (χ0) is 31.6. The van der Waals surface area contributed by atoms with Crippen LogP contribution in [0.3, 0.4) is 0 Å². The quantitative estimate of drug-likeness (QED) is 0.180. The van der Waals surface area contributed by atoms with Crippen LogP contribution >= 0.6 is 0 Å². The lowest BCUT2D eigenvalue weighted by atomic mass is 9.79. The number of aliphatic hydroxyl groups is 1. The average molecular weight is 599 g/mol. The first-order valence-corrected chi connectivity index (χ1v) is 14.2. The van der Waals surface area contributed by atoms with Gasteiger partial charge in [-0.05, 0) is 53.4 Å². The second-order valence-corrected chi connectivity index (χ2v) is 10.3. The topological polar surface area (TPSA) is 129 Å². The number of ether oxygens (including phenoxy) is 4. The Bertz CT molecular complexity index is 1450. The van der Waals surface area contributed by atoms with Gasteiger partial charge in [0.05, 0.1) is 26.9 Å². The predicted octanol–water partition coefficient (Wildman–Crippen LogP) is 4.59. The van der Waals surface area contributed by atoms with Crippen LogP contribution in [-0.2, 0) is 26.5 Å². The van der Waals surface area contributed by atoms with E-state index in [9.17, 15) is 14.7 Å². The summed E-state index contributed by atoms with van der Waals surface area (Å²) in [5.41, 5.74) is 5.56. The zero-order valence-electron chi connectivity index (χ0n) is 25.1. The van der Waals surface area contributed by atoms with Crippen molar-refractivity contribution in [3.63, 3.8) is 0 Å². The van der Waals surface area contributed by atoms with Gasteiger partial charge in [0.1, 0.15) is 23.7 Å². The van der Waals surface area contributed by atoms with Crippen LogP contribution in [-0.4, -0.2) is 56.0 Å². The molecule has 0 saturated heterocycles. The number of hydrogen-bond donors (Lipinski definition) is 3. The van der Waals surface area contributed by atoms with Gasteiger partial charge in [0, 0.05) is 6.54 Å². The van der Waals surface area contributed by atoms with Gasteiger partial charge in [-0.15, -0.1) is 0 Å². The zero-order valence-corrected chi connectivity index (χ0v) is 25.1. The fraction of sp³-hybridized carbons (Fsp3) is 0.257. The molecule has 0 aliphatic carbocycles. The first-order chi connectivity index (χ1) is 21.3. The van der Waals surface area contributed by atoms with E-state index in [0.717, 1.165) is 22.3 Å². The largest absolute Gasteiger partial charge is 0.497 e. The van der Waals surface area contributed by atoms with Crippen LogP contribution in [0, 0.1) is 0 Å². The van der Waals surface area contributed by atoms with Gasteiger partial charge < -0.3 is 35.1 Å². The fourth-order valence-electron chi connectivity index (χ4n) is 4.94. The molecule has 2 atom stereocenters. The van der Waals surface area contributed by atoms with Gasteiger partial charge in [-0.1, -0.05) is 84.9 Å². The molecule has 0 aliphatic rings. The SMILES string of the molecule is COc1ccc(C(OCC(O)(CN)C(=O)[C@H](C)NC(=O)OCc2ccccc2)(c2ccccc2)c2ccc(OC)cc2)cc1. The number of nitrogens with two attached hydrogens (primary N) is 1. The van der Waals surface area contributed by atoms with Crippen LogP contribution in [0.4, 0.5) is 4.79 Å². The van der Waals surface area contributed by atoms with Crippen molar-refractivity contribution in [2.45, 2.75) is 30.8 Å². The fourth-order valence-corrected chi connectivity index (χ4v) is 4.94. The third kappa shape index (κ3) is 7.26. The molecule has 0 aliphatic heterocycles. The predicted molar refractivity (Wildman–Crippen MR) is 166 cm³/mol. The third-order valence-corrected chi connectivity index (χ3v) is 7.44. The van der Waals surface area contributed by atoms with E-state index >= 15 is 0 Å². The van der Waals surface area contributed by atoms with Gasteiger partial charge in [-0.2, -0.15) is 0 Å². The summed E-state index contributed by atoms with van der Waals surface area (Å²) in [6.45, 7) is 0.554. The maximum Gasteiger partial charge on any atom is 0.408 e. The summed E-state index contributed by atoms with van der Waals surface area (Å²) < 4.78 is 22.7. The molecule has 9 nitrogen and oxygen atoms in total. The number of alkyl carbamates (subject to hydrolysis) is 1. The van der Waals surface area contributed by atoms with Crippen molar-refractivity contribution >= 4 is 11.9 Å². The van der Waals surface area contributed by atoms with Crippen molar-refractivity contribution in [3.05, 3.63) is 131 Å². The summed E-state index contributed by atoms with van der Waals surface area (Å²) in [5.74, 6) is 0.583. The number of amides is 1. The lowest BCUT2D eigenvalue weighted by Crippen LogP contribution is -2.58. The Morgan fingerprint density at radius 2 is 1.25 bits per heavy atom. The van der Waals surface area contributed by atoms with Crippen molar-refractivity contribution in [1.82, 2.24) is 5.32 Å². The van der Waals surface area contributed by atoms with E-state index in [-0.39, 0.29) is 6.61 Å². The number of carbonyl (C=O) groups is 2. The summed E-state index contributed by atoms with van der Waals surface area (Å²) in [5, 5.41) is 14.1. The van der Waals surface area contributed by atoms with E-state index in [1.165, 1.54) is 6.92 Å². The molecule has 0 radical (unpaired) electrons. The molecule has 0 spiro atoms. The van der Waals surface area contributed by atoms with Crippen LogP contribution in [0.15, 0.2) is 109 Å². The maximum atomic E-state index is 13.6. The Balaban J connectivity index is 1.65. The molecule has 44 heavy (non-hydrogen) atoms. The van der Waals surface area contributed by atoms with Crippen molar-refractivity contribution < 1.29 is 33.6 Å². The van der Waals surface area contributed by atoms with Crippen LogP contribution in [0.1, 0.15) is 29.2 Å². The molecule has 230 valence electrons. The molecule has 0 bridgehead atoms. The molecule has 4 rings (SSSR count). The van der Waals surface area contributed by atoms with Gasteiger partial charge >= 0.3 is 6.09 Å². The molecule has 0 heterocycles. The smallest absolute Gasteiger partial charge is 0.408 e. The Labute approximate surface area is 257 Å². The van der Waals surface area contributed by atoms with E-state index in [1.807, 2.05) is 109 Å². The van der Waals surface area contributed by atoms with E-state index in [2.05, 4.69) is 5.32 Å². The van der Waals surface area contributed by atoms with Gasteiger partial charge in [-0.25, -0.2) is 4.79 Å². The molecule has 0 saturated carbocycles. The molecule has 4 N–H and O–H groups in total. The second kappa shape index (κ2) is 14.7. The normalized spacial score (nSPS) is 13.3. The van der Waals surface area contributed by atoms with Crippen molar-refractivity contribution in [3.8, 4) is 11.5 Å². The summed E-state index contributed by atoms with van der Waals surface area (Å²) >= 11 is 0. The minimum atomic E-state index is -2.15. The number of benzene rings is 4. The number of methoxy groups -OCH3 is 2. The minimum Gasteiger partial charge on any atom is -0.497 e. The van der Waals surface area contributed by atoms with Crippen molar-refractivity contribution in [1.29, 1.82) is 0 Å². The highest BCUT2D eigenvalue weighted by atomic mass is 16.5. The van der Waals surface area contributed by atoms with Crippen LogP contribution in [0.2, 0.25) is 0 Å². The molecule has 4 aromatic carbocycles. The number of ketones is 1. The van der Waals surface area contributed by atoms with E-state index < -0.39 is 42.3 Å². The van der Waals surface area contributed by atoms with Crippen LogP contribution in [0.25, 0.3) is 0 Å². The second-order valence-electron chi connectivity index (χ2n) is 10.3. The lowest BCUT2D eigenvalue weighted by molar-refractivity contribution is -0.150. The monoisotopic (exact) mass is 598 g/mol. The summed E-state index contributed by atoms with van der Waals surface area (Å²) in [6, 6.07) is 32.2. The van der Waals surface area contributed by atoms with Gasteiger partial charge in [0.15, 0.2) is 11.4 Å². The van der Waals surface area contributed by atoms with E-state index in [1.54, 1.807) is 14.2 Å². The summed E-state index contributed by atoms with van der Waals surface area (Å²) in [7, 11) is 3.16. The molecular weight excluding hydrogens is 560 g/mol. The van der Waals surface area contributed by atoms with Crippen LogP contribution in [0.5, 0.6) is 11.5 Å². The maximum absolute atomic E-state index is 13.6. The number of rotatable bonds is 14. The Morgan fingerprint density at radius 3 is 1.73 bits per heavy atom. The molecule has 1 amide bonds. The molecule has 9 heteroatoms. The Hall–Kier alpha value is -4.70. The van der Waals surface area contributed by atoms with Crippen molar-refractivity contribution in [2.75, 3.05) is 27.4 Å². The van der Waals surface area contributed by atoms with Crippen LogP contribution < -0.4 is 20.5 Å². The highest BCUT2D eigenvalue weighted by Gasteiger charge is 2.44. The molecule has 4 aromatic rings. The molecule has 0 fully saturated rings. The molecule has 0 aromatic heterocycles. The number of Topliss-reactive ketones (excluding diaryl/α,β-unsaturated/α-hetero) is 1. The summed E-state index contributed by atoms with van der Waals surface area (Å²) in [4.78, 5) is 26.1. The first-order valence-electron chi connectivity index (χ1n) is 14.2. The van der Waals surface area contributed by atoms with E-state index in [4.69, 9.17) is 24.7 Å². The van der Waals surface area contributed by atoms with Crippen molar-refractivity contribution in [2.24, 2.45) is 5.73 Å². The molecular formula is C35H38N2O7. The Morgan fingerprint density at radius 1 is 0.773 bits per heavy atom.